The summed E-state index contributed by atoms with van der Waals surface area (Å²) in [6, 6.07) is 14.9. The topological polar surface area (TPSA) is 36.4 Å². The van der Waals surface area contributed by atoms with Crippen LogP contribution < -0.4 is 10.6 Å². The number of hydrogen-bond acceptors (Lipinski definition) is 2. The first-order valence-electron chi connectivity index (χ1n) is 9.19. The molecule has 3 nitrogen and oxygen atoms in total. The van der Waals surface area contributed by atoms with E-state index in [9.17, 15) is 4.39 Å². The van der Waals surface area contributed by atoms with Crippen LogP contribution in [0.4, 0.5) is 15.8 Å². The molecule has 130 valence electrons. The summed E-state index contributed by atoms with van der Waals surface area (Å²) in [6.07, 6.45) is 7.19. The molecule has 2 aliphatic rings. The van der Waals surface area contributed by atoms with Crippen molar-refractivity contribution in [1.82, 2.24) is 0 Å². The first-order valence-corrected chi connectivity index (χ1v) is 9.19. The summed E-state index contributed by atoms with van der Waals surface area (Å²) < 4.78 is 13.1. The van der Waals surface area contributed by atoms with Crippen molar-refractivity contribution in [3.05, 3.63) is 59.9 Å². The lowest BCUT2D eigenvalue weighted by molar-refractivity contribution is 0.524. The van der Waals surface area contributed by atoms with Crippen LogP contribution >= 0.6 is 0 Å². The largest absolute Gasteiger partial charge is 0.371 e. The summed E-state index contributed by atoms with van der Waals surface area (Å²) in [5.41, 5.74) is 3.16. The van der Waals surface area contributed by atoms with Crippen molar-refractivity contribution < 1.29 is 4.39 Å². The average Bonchev–Trinajstić information content (AvgIpc) is 2.87. The van der Waals surface area contributed by atoms with Gasteiger partial charge in [-0.15, -0.1) is 0 Å². The molecular formula is C21H24FN3. The van der Waals surface area contributed by atoms with Gasteiger partial charge < -0.3 is 10.6 Å². The van der Waals surface area contributed by atoms with Crippen LogP contribution in [0.25, 0.3) is 0 Å². The van der Waals surface area contributed by atoms with E-state index in [2.05, 4.69) is 28.8 Å². The molecule has 2 N–H and O–H groups in total. The van der Waals surface area contributed by atoms with Crippen molar-refractivity contribution in [2.45, 2.75) is 50.6 Å². The van der Waals surface area contributed by atoms with Gasteiger partial charge in [-0.05, 0) is 42.7 Å². The number of aliphatic imine (C=N–C) groups is 1. The van der Waals surface area contributed by atoms with Crippen LogP contribution in [0.15, 0.2) is 53.5 Å². The number of rotatable bonds is 2. The second-order valence-electron chi connectivity index (χ2n) is 7.08. The summed E-state index contributed by atoms with van der Waals surface area (Å²) in [5.74, 6) is 0.820. The Labute approximate surface area is 148 Å². The van der Waals surface area contributed by atoms with Gasteiger partial charge in [0.25, 0.3) is 0 Å². The zero-order valence-electron chi connectivity index (χ0n) is 14.4. The van der Waals surface area contributed by atoms with Gasteiger partial charge in [0, 0.05) is 0 Å². The van der Waals surface area contributed by atoms with Crippen LogP contribution in [0.1, 0.15) is 44.1 Å². The maximum atomic E-state index is 13.1. The molecule has 1 spiro atoms. The second kappa shape index (κ2) is 6.87. The van der Waals surface area contributed by atoms with Gasteiger partial charge >= 0.3 is 0 Å². The highest BCUT2D eigenvalue weighted by Crippen LogP contribution is 2.38. The minimum absolute atomic E-state index is 0.106. The number of anilines is 2. The van der Waals surface area contributed by atoms with E-state index < -0.39 is 0 Å². The maximum absolute atomic E-state index is 13.1. The van der Waals surface area contributed by atoms with Gasteiger partial charge in [-0.2, -0.15) is 0 Å². The number of nitrogens with one attached hydrogen (secondary N) is 2. The van der Waals surface area contributed by atoms with Gasteiger partial charge in [0.15, 0.2) is 0 Å². The lowest BCUT2D eigenvalue weighted by Gasteiger charge is -2.41. The van der Waals surface area contributed by atoms with Crippen molar-refractivity contribution in [2.75, 3.05) is 10.6 Å². The lowest BCUT2D eigenvalue weighted by Crippen LogP contribution is -2.52. The Kier molecular flexibility index (Phi) is 4.43. The zero-order valence-corrected chi connectivity index (χ0v) is 14.4. The Balaban J connectivity index is 1.66. The first kappa shape index (κ1) is 16.1. The van der Waals surface area contributed by atoms with E-state index >= 15 is 0 Å². The number of fused-ring (bicyclic) bond motifs is 1. The number of benzene rings is 2. The van der Waals surface area contributed by atoms with Crippen molar-refractivity contribution in [2.24, 2.45) is 4.99 Å². The predicted molar refractivity (Wildman–Crippen MR) is 102 cm³/mol. The second-order valence-corrected chi connectivity index (χ2v) is 7.08. The van der Waals surface area contributed by atoms with Crippen molar-refractivity contribution in [3.8, 4) is 0 Å². The predicted octanol–water partition coefficient (Wildman–Crippen LogP) is 5.35. The standard InChI is InChI=1S/C21H24FN3/c22-17-11-9-16(10-12-17)15-23-20-21(13-5-1-2-6-14-21)25-19-8-4-3-7-18(19)24-20/h3-4,7-12,25H,1-2,5-6,13-15H2,(H,23,24). The molecule has 1 heterocycles. The van der Waals surface area contributed by atoms with Gasteiger partial charge in [0.2, 0.25) is 0 Å². The van der Waals surface area contributed by atoms with E-state index in [1.54, 1.807) is 0 Å². The molecule has 0 amide bonds. The molecule has 1 fully saturated rings. The van der Waals surface area contributed by atoms with E-state index in [1.165, 1.54) is 37.8 Å². The third-order valence-electron chi connectivity index (χ3n) is 5.30. The highest BCUT2D eigenvalue weighted by Gasteiger charge is 2.39. The van der Waals surface area contributed by atoms with Gasteiger partial charge in [0.05, 0.1) is 23.5 Å². The summed E-state index contributed by atoms with van der Waals surface area (Å²) in [5, 5.41) is 7.37. The van der Waals surface area contributed by atoms with Crippen LogP contribution in [-0.2, 0) is 6.54 Å². The summed E-state index contributed by atoms with van der Waals surface area (Å²) >= 11 is 0. The number of nitrogens with zero attached hydrogens (tertiary/aromatic N) is 1. The number of para-hydroxylation sites is 2. The molecule has 4 rings (SSSR count). The Morgan fingerprint density at radius 2 is 1.56 bits per heavy atom. The molecule has 2 aromatic carbocycles. The summed E-state index contributed by atoms with van der Waals surface area (Å²) in [6.45, 7) is 0.564. The molecule has 0 atom stereocenters. The molecule has 4 heteroatoms. The normalized spacial score (nSPS) is 20.4. The minimum Gasteiger partial charge on any atom is -0.371 e. The van der Waals surface area contributed by atoms with Crippen LogP contribution in [-0.4, -0.2) is 11.4 Å². The molecule has 1 aliphatic carbocycles. The average molecular weight is 337 g/mol. The van der Waals surface area contributed by atoms with Crippen LogP contribution in [0, 0.1) is 5.82 Å². The molecule has 0 saturated heterocycles. The fourth-order valence-corrected chi connectivity index (χ4v) is 3.91. The van der Waals surface area contributed by atoms with E-state index in [0.29, 0.717) is 6.54 Å². The third-order valence-corrected chi connectivity index (χ3v) is 5.30. The van der Waals surface area contributed by atoms with E-state index in [-0.39, 0.29) is 11.4 Å². The molecule has 0 unspecified atom stereocenters. The molecule has 1 aliphatic heterocycles. The van der Waals surface area contributed by atoms with Gasteiger partial charge in [-0.1, -0.05) is 49.9 Å². The molecule has 1 saturated carbocycles. The smallest absolute Gasteiger partial charge is 0.127 e. The van der Waals surface area contributed by atoms with E-state index in [1.807, 2.05) is 18.2 Å². The molecular weight excluding hydrogens is 313 g/mol. The van der Waals surface area contributed by atoms with Crippen molar-refractivity contribution in [3.63, 3.8) is 0 Å². The molecule has 2 aromatic rings. The first-order chi connectivity index (χ1) is 12.3. The highest BCUT2D eigenvalue weighted by molar-refractivity contribution is 6.09. The van der Waals surface area contributed by atoms with Crippen LogP contribution in [0.2, 0.25) is 0 Å². The molecule has 0 aromatic heterocycles. The van der Waals surface area contributed by atoms with Crippen molar-refractivity contribution >= 4 is 17.2 Å². The fraction of sp³-hybridized carbons (Fsp3) is 0.381. The maximum Gasteiger partial charge on any atom is 0.127 e. The van der Waals surface area contributed by atoms with E-state index in [0.717, 1.165) is 35.6 Å². The third kappa shape index (κ3) is 3.39. The highest BCUT2D eigenvalue weighted by atomic mass is 19.1. The number of halogens is 1. The quantitative estimate of drug-likeness (QED) is 0.774. The Hall–Kier alpha value is -2.36. The zero-order chi connectivity index (χ0) is 17.1. The SMILES string of the molecule is Fc1ccc(CN=C2Nc3ccccc3NC23CCCCCC3)cc1. The lowest BCUT2D eigenvalue weighted by atomic mass is 9.86. The molecule has 25 heavy (non-hydrogen) atoms. The summed E-state index contributed by atoms with van der Waals surface area (Å²) in [4.78, 5) is 4.92. The Morgan fingerprint density at radius 3 is 2.28 bits per heavy atom. The number of hydrogen-bond donors (Lipinski definition) is 2. The van der Waals surface area contributed by atoms with Gasteiger partial charge in [0.1, 0.15) is 11.7 Å². The molecule has 0 radical (unpaired) electrons. The monoisotopic (exact) mass is 337 g/mol. The Bertz CT molecular complexity index is 759. The number of amidine groups is 1. The van der Waals surface area contributed by atoms with Gasteiger partial charge in [-0.25, -0.2) is 4.39 Å². The van der Waals surface area contributed by atoms with Crippen molar-refractivity contribution in [1.29, 1.82) is 0 Å². The molecule has 0 bridgehead atoms. The van der Waals surface area contributed by atoms with Crippen LogP contribution in [0.5, 0.6) is 0 Å². The Morgan fingerprint density at radius 1 is 0.880 bits per heavy atom. The summed E-state index contributed by atoms with van der Waals surface area (Å²) in [7, 11) is 0. The van der Waals surface area contributed by atoms with Crippen LogP contribution in [0.3, 0.4) is 0 Å². The van der Waals surface area contributed by atoms with Gasteiger partial charge in [-0.3, -0.25) is 4.99 Å². The minimum atomic E-state index is -0.206. The van der Waals surface area contributed by atoms with E-state index in [4.69, 9.17) is 4.99 Å². The fourth-order valence-electron chi connectivity index (χ4n) is 3.91.